The highest BCUT2D eigenvalue weighted by Gasteiger charge is 2.31. The maximum atomic E-state index is 13.6. The van der Waals surface area contributed by atoms with Crippen molar-refractivity contribution >= 4 is 17.8 Å². The van der Waals surface area contributed by atoms with Gasteiger partial charge in [0.25, 0.3) is 0 Å². The van der Waals surface area contributed by atoms with Crippen molar-refractivity contribution in [1.82, 2.24) is 10.6 Å². The van der Waals surface area contributed by atoms with E-state index in [1.165, 1.54) is 7.11 Å². The summed E-state index contributed by atoms with van der Waals surface area (Å²) in [6.45, 7) is 3.97. The molecule has 0 fully saturated rings. The number of carbonyl (C=O) groups excluding carboxylic acids is 3. The minimum absolute atomic E-state index is 0.138. The minimum Gasteiger partial charge on any atom is -0.467 e. The molecule has 6 heteroatoms. The van der Waals surface area contributed by atoms with Crippen LogP contribution in [-0.4, -0.2) is 37.0 Å². The predicted octanol–water partition coefficient (Wildman–Crippen LogP) is 4.25. The SMILES string of the molecule is COC(=O)[C@H](Cc1ccccc1)NC(=O)[C@H](CC(C)C)NC(=O)C(c1ccccc1)c1ccccc1. The molecule has 0 saturated carbocycles. The van der Waals surface area contributed by atoms with Gasteiger partial charge in [0, 0.05) is 6.42 Å². The molecule has 0 aliphatic rings. The predicted molar refractivity (Wildman–Crippen MR) is 140 cm³/mol. The molecule has 0 aliphatic heterocycles. The lowest BCUT2D eigenvalue weighted by Crippen LogP contribution is -2.53. The molecule has 3 aromatic rings. The van der Waals surface area contributed by atoms with Gasteiger partial charge in [-0.2, -0.15) is 0 Å². The molecule has 0 aliphatic carbocycles. The highest BCUT2D eigenvalue weighted by molar-refractivity contribution is 5.94. The van der Waals surface area contributed by atoms with E-state index in [4.69, 9.17) is 4.74 Å². The summed E-state index contributed by atoms with van der Waals surface area (Å²) in [5.41, 5.74) is 2.56. The normalized spacial score (nSPS) is 12.6. The van der Waals surface area contributed by atoms with Crippen molar-refractivity contribution in [2.24, 2.45) is 5.92 Å². The van der Waals surface area contributed by atoms with Crippen LogP contribution in [0, 0.1) is 5.92 Å². The van der Waals surface area contributed by atoms with E-state index in [2.05, 4.69) is 10.6 Å². The molecule has 0 unspecified atom stereocenters. The number of esters is 1. The van der Waals surface area contributed by atoms with Gasteiger partial charge in [-0.05, 0) is 29.0 Å². The summed E-state index contributed by atoms with van der Waals surface area (Å²) < 4.78 is 4.94. The van der Waals surface area contributed by atoms with Crippen LogP contribution in [0.2, 0.25) is 0 Å². The fraction of sp³-hybridized carbons (Fsp3) is 0.300. The van der Waals surface area contributed by atoms with E-state index in [0.29, 0.717) is 6.42 Å². The van der Waals surface area contributed by atoms with Crippen molar-refractivity contribution in [3.63, 3.8) is 0 Å². The quantitative estimate of drug-likeness (QED) is 0.397. The molecule has 188 valence electrons. The highest BCUT2D eigenvalue weighted by Crippen LogP contribution is 2.25. The molecule has 0 radical (unpaired) electrons. The number of amides is 2. The molecular formula is C30H34N2O4. The summed E-state index contributed by atoms with van der Waals surface area (Å²) in [4.78, 5) is 39.5. The van der Waals surface area contributed by atoms with Crippen molar-refractivity contribution in [3.8, 4) is 0 Å². The van der Waals surface area contributed by atoms with Gasteiger partial charge >= 0.3 is 5.97 Å². The first-order valence-electron chi connectivity index (χ1n) is 12.2. The van der Waals surface area contributed by atoms with Crippen LogP contribution in [0.15, 0.2) is 91.0 Å². The number of benzene rings is 3. The summed E-state index contributed by atoms with van der Waals surface area (Å²) in [5, 5.41) is 5.79. The topological polar surface area (TPSA) is 84.5 Å². The van der Waals surface area contributed by atoms with Crippen molar-refractivity contribution in [2.75, 3.05) is 7.11 Å². The fourth-order valence-electron chi connectivity index (χ4n) is 4.20. The van der Waals surface area contributed by atoms with Crippen LogP contribution in [0.25, 0.3) is 0 Å². The second-order valence-electron chi connectivity index (χ2n) is 9.22. The summed E-state index contributed by atoms with van der Waals surface area (Å²) >= 11 is 0. The monoisotopic (exact) mass is 486 g/mol. The maximum Gasteiger partial charge on any atom is 0.328 e. The first kappa shape index (κ1) is 26.7. The lowest BCUT2D eigenvalue weighted by Gasteiger charge is -2.26. The summed E-state index contributed by atoms with van der Waals surface area (Å²) in [7, 11) is 1.30. The van der Waals surface area contributed by atoms with Crippen molar-refractivity contribution in [2.45, 2.75) is 44.7 Å². The van der Waals surface area contributed by atoms with E-state index in [9.17, 15) is 14.4 Å². The zero-order chi connectivity index (χ0) is 25.9. The molecule has 3 aromatic carbocycles. The Bertz CT molecular complexity index is 1080. The zero-order valence-corrected chi connectivity index (χ0v) is 21.0. The first-order valence-corrected chi connectivity index (χ1v) is 12.2. The van der Waals surface area contributed by atoms with Gasteiger partial charge in [0.15, 0.2) is 0 Å². The van der Waals surface area contributed by atoms with Gasteiger partial charge in [0.1, 0.15) is 12.1 Å². The highest BCUT2D eigenvalue weighted by atomic mass is 16.5. The van der Waals surface area contributed by atoms with Crippen LogP contribution in [0.3, 0.4) is 0 Å². The molecule has 0 spiro atoms. The number of rotatable bonds is 11. The summed E-state index contributed by atoms with van der Waals surface area (Å²) in [6.07, 6.45) is 0.714. The van der Waals surface area contributed by atoms with E-state index in [0.717, 1.165) is 16.7 Å². The zero-order valence-electron chi connectivity index (χ0n) is 21.0. The van der Waals surface area contributed by atoms with Gasteiger partial charge in [-0.15, -0.1) is 0 Å². The summed E-state index contributed by atoms with van der Waals surface area (Å²) in [6, 6.07) is 26.7. The average molecular weight is 487 g/mol. The first-order chi connectivity index (χ1) is 17.4. The smallest absolute Gasteiger partial charge is 0.328 e. The number of methoxy groups -OCH3 is 1. The Labute approximate surface area is 213 Å². The van der Waals surface area contributed by atoms with Gasteiger partial charge < -0.3 is 15.4 Å². The second kappa shape index (κ2) is 13.2. The molecule has 36 heavy (non-hydrogen) atoms. The molecule has 0 aromatic heterocycles. The van der Waals surface area contributed by atoms with Gasteiger partial charge in [0.05, 0.1) is 13.0 Å². The minimum atomic E-state index is -0.865. The number of hydrogen-bond donors (Lipinski definition) is 2. The largest absolute Gasteiger partial charge is 0.467 e. The Kier molecular flexibility index (Phi) is 9.81. The van der Waals surface area contributed by atoms with Gasteiger partial charge in [0.2, 0.25) is 11.8 Å². The van der Waals surface area contributed by atoms with Gasteiger partial charge in [-0.1, -0.05) is 105 Å². The molecule has 0 saturated heterocycles. The Morgan fingerprint density at radius 1 is 0.694 bits per heavy atom. The average Bonchev–Trinajstić information content (AvgIpc) is 2.89. The van der Waals surface area contributed by atoms with Crippen molar-refractivity contribution in [1.29, 1.82) is 0 Å². The van der Waals surface area contributed by atoms with E-state index in [-0.39, 0.29) is 18.2 Å². The number of carbonyl (C=O) groups is 3. The second-order valence-corrected chi connectivity index (χ2v) is 9.22. The van der Waals surface area contributed by atoms with Crippen LogP contribution in [0.5, 0.6) is 0 Å². The Morgan fingerprint density at radius 3 is 1.64 bits per heavy atom. The molecule has 0 heterocycles. The maximum absolute atomic E-state index is 13.6. The molecule has 2 amide bonds. The molecule has 0 bridgehead atoms. The molecule has 2 atom stereocenters. The Balaban J connectivity index is 1.83. The standard InChI is InChI=1S/C30H34N2O4/c1-21(2)19-25(28(33)32-26(30(35)36-3)20-22-13-7-4-8-14-22)31-29(34)27(23-15-9-5-10-16-23)24-17-11-6-12-18-24/h4-18,21,25-27H,19-20H2,1-3H3,(H,31,34)(H,32,33)/t25-,26-/m0/s1. The Hall–Kier alpha value is -3.93. The lowest BCUT2D eigenvalue weighted by molar-refractivity contribution is -0.145. The van der Waals surface area contributed by atoms with Crippen LogP contribution in [-0.2, 0) is 25.5 Å². The molecule has 3 rings (SSSR count). The molecule has 6 nitrogen and oxygen atoms in total. The fourth-order valence-corrected chi connectivity index (χ4v) is 4.20. The Morgan fingerprint density at radius 2 is 1.17 bits per heavy atom. The van der Waals surface area contributed by atoms with Crippen molar-refractivity contribution < 1.29 is 19.1 Å². The number of ether oxygens (including phenoxy) is 1. The third-order valence-corrected chi connectivity index (χ3v) is 5.95. The summed E-state index contributed by atoms with van der Waals surface area (Å²) in [5.74, 6) is -1.66. The van der Waals surface area contributed by atoms with Gasteiger partial charge in [-0.3, -0.25) is 9.59 Å². The lowest BCUT2D eigenvalue weighted by atomic mass is 9.90. The van der Waals surface area contributed by atoms with Crippen molar-refractivity contribution in [3.05, 3.63) is 108 Å². The number of nitrogens with one attached hydrogen (secondary N) is 2. The van der Waals surface area contributed by atoms with E-state index in [1.807, 2.05) is 105 Å². The molecular weight excluding hydrogens is 452 g/mol. The van der Waals surface area contributed by atoms with E-state index < -0.39 is 29.9 Å². The van der Waals surface area contributed by atoms with E-state index >= 15 is 0 Å². The van der Waals surface area contributed by atoms with Crippen LogP contribution in [0.4, 0.5) is 0 Å². The third kappa shape index (κ3) is 7.54. The third-order valence-electron chi connectivity index (χ3n) is 5.95. The molecule has 2 N–H and O–H groups in total. The van der Waals surface area contributed by atoms with Crippen LogP contribution >= 0.6 is 0 Å². The van der Waals surface area contributed by atoms with Crippen LogP contribution < -0.4 is 10.6 Å². The van der Waals surface area contributed by atoms with Crippen LogP contribution in [0.1, 0.15) is 42.9 Å². The number of hydrogen-bond acceptors (Lipinski definition) is 4. The van der Waals surface area contributed by atoms with Gasteiger partial charge in [-0.25, -0.2) is 4.79 Å². The van der Waals surface area contributed by atoms with E-state index in [1.54, 1.807) is 0 Å².